The van der Waals surface area contributed by atoms with Gasteiger partial charge in [0.15, 0.2) is 0 Å². The second kappa shape index (κ2) is 21.9. The molecule has 0 aromatic heterocycles. The largest absolute Gasteiger partial charge is 0.388 e. The average molecular weight is 902 g/mol. The standard InChI is InChI=1S/C40H70Cl2N4O10S2/c1-7-23-15-25(36(52)43-27(21(3)41)32-29(48)28(47)30(49)38(54-32)57-5)19-45(17-23)13-11-9-10-12-14-46-18-24(8-2)16-26(20-46)37(53)44-34(22(4)42)40-35(51)33(55-40)31(50)39(56-40)58-6/h21-35,38-39,47-51H,7-20H2,1-6H3,(H,43,52)(H,44,53)/t21?,22?,23?,24?,25?,26?,27?,28-,29-,30?,31+,32?,33?,34?,35-,38-,39-,40?/m1/s1. The number of aliphatic hydroxyl groups excluding tert-OH is 5. The fourth-order valence-corrected chi connectivity index (χ4v) is 11.5. The van der Waals surface area contributed by atoms with Gasteiger partial charge in [0.05, 0.1) is 28.6 Å². The summed E-state index contributed by atoms with van der Waals surface area (Å²) >= 11 is 15.7. The first-order chi connectivity index (χ1) is 27.6. The van der Waals surface area contributed by atoms with Crippen molar-refractivity contribution in [3.8, 4) is 0 Å². The highest BCUT2D eigenvalue weighted by molar-refractivity contribution is 7.99. The molecule has 12 unspecified atom stereocenters. The van der Waals surface area contributed by atoms with Crippen molar-refractivity contribution in [1.82, 2.24) is 20.4 Å². The van der Waals surface area contributed by atoms with Crippen LogP contribution >= 0.6 is 46.7 Å². The van der Waals surface area contributed by atoms with Crippen LogP contribution in [-0.4, -0.2) is 181 Å². The lowest BCUT2D eigenvalue weighted by Crippen LogP contribution is -2.83. The van der Waals surface area contributed by atoms with Crippen molar-refractivity contribution in [3.63, 3.8) is 0 Å². The molecule has 7 N–H and O–H groups in total. The predicted octanol–water partition coefficient (Wildman–Crippen LogP) is 2.17. The Bertz CT molecular complexity index is 1330. The van der Waals surface area contributed by atoms with Crippen molar-refractivity contribution in [2.24, 2.45) is 23.7 Å². The van der Waals surface area contributed by atoms with E-state index in [1.165, 1.54) is 23.5 Å². The second-order valence-corrected chi connectivity index (χ2v) is 20.6. The minimum atomic E-state index is -1.50. The van der Waals surface area contributed by atoms with Gasteiger partial charge in [-0.15, -0.1) is 46.7 Å². The Morgan fingerprint density at radius 1 is 0.724 bits per heavy atom. The number of likely N-dealkylation sites (tertiary alicyclic amines) is 2. The fraction of sp³-hybridized carbons (Fsp3) is 0.950. The molecule has 0 spiro atoms. The van der Waals surface area contributed by atoms with Crippen molar-refractivity contribution in [2.75, 3.05) is 51.8 Å². The number of alkyl halides is 2. The zero-order valence-corrected chi connectivity index (χ0v) is 38.1. The second-order valence-electron chi connectivity index (χ2n) is 17.4. The zero-order valence-electron chi connectivity index (χ0n) is 35.0. The van der Waals surface area contributed by atoms with Gasteiger partial charge in [0.25, 0.3) is 0 Å². The molecular formula is C40H70Cl2N4O10S2. The third-order valence-corrected chi connectivity index (χ3v) is 15.4. The Balaban J connectivity index is 1.07. The molecule has 0 saturated carbocycles. The molecule has 14 nitrogen and oxygen atoms in total. The number of nitrogens with zero attached hydrogens (tertiary/aromatic N) is 2. The Morgan fingerprint density at radius 3 is 1.72 bits per heavy atom. The van der Waals surface area contributed by atoms with E-state index >= 15 is 0 Å². The van der Waals surface area contributed by atoms with Gasteiger partial charge in [-0.3, -0.25) is 9.59 Å². The molecule has 0 aromatic rings. The minimum absolute atomic E-state index is 0.126. The molecule has 336 valence electrons. The van der Waals surface area contributed by atoms with Crippen LogP contribution in [0.15, 0.2) is 0 Å². The van der Waals surface area contributed by atoms with Gasteiger partial charge in [-0.05, 0) is 77.0 Å². The zero-order chi connectivity index (χ0) is 42.5. The van der Waals surface area contributed by atoms with Crippen LogP contribution in [0.5, 0.6) is 0 Å². The Hall–Kier alpha value is -0.180. The molecule has 0 aliphatic carbocycles. The lowest BCUT2D eigenvalue weighted by Gasteiger charge is -2.62. The Morgan fingerprint density at radius 2 is 1.26 bits per heavy atom. The van der Waals surface area contributed by atoms with Gasteiger partial charge in [0, 0.05) is 26.2 Å². The lowest BCUT2D eigenvalue weighted by molar-refractivity contribution is -0.463. The maximum Gasteiger partial charge on any atom is 0.224 e. The first kappa shape index (κ1) is 48.8. The van der Waals surface area contributed by atoms with E-state index < -0.39 is 82.2 Å². The van der Waals surface area contributed by atoms with Gasteiger partial charge >= 0.3 is 0 Å². The van der Waals surface area contributed by atoms with E-state index in [-0.39, 0.29) is 23.7 Å². The predicted molar refractivity (Wildman–Crippen MR) is 228 cm³/mol. The van der Waals surface area contributed by atoms with E-state index in [2.05, 4.69) is 34.3 Å². The molecule has 0 aromatic carbocycles. The van der Waals surface area contributed by atoms with Crippen LogP contribution in [-0.2, 0) is 23.8 Å². The van der Waals surface area contributed by atoms with Gasteiger partial charge in [0.1, 0.15) is 59.6 Å². The summed E-state index contributed by atoms with van der Waals surface area (Å²) in [6.07, 6.45) is 3.27. The first-order valence-electron chi connectivity index (χ1n) is 21.4. The Kier molecular flexibility index (Phi) is 18.5. The van der Waals surface area contributed by atoms with E-state index in [0.29, 0.717) is 24.9 Å². The number of carbonyl (C=O) groups is 2. The van der Waals surface area contributed by atoms with Gasteiger partial charge in [0.2, 0.25) is 17.6 Å². The quantitative estimate of drug-likeness (QED) is 0.0737. The molecule has 2 bridgehead atoms. The molecule has 18 atom stereocenters. The summed E-state index contributed by atoms with van der Waals surface area (Å²) in [6, 6.07) is -1.55. The number of ether oxygens (including phenoxy) is 3. The van der Waals surface area contributed by atoms with Gasteiger partial charge < -0.3 is 60.2 Å². The highest BCUT2D eigenvalue weighted by Crippen LogP contribution is 2.49. The number of halogens is 2. The van der Waals surface area contributed by atoms with Crippen molar-refractivity contribution < 1.29 is 49.3 Å². The van der Waals surface area contributed by atoms with Crippen molar-refractivity contribution in [3.05, 3.63) is 0 Å². The molecule has 6 fully saturated rings. The number of piperidine rings is 2. The molecule has 6 aliphatic rings. The maximum atomic E-state index is 13.8. The van der Waals surface area contributed by atoms with Gasteiger partial charge in [-0.25, -0.2) is 0 Å². The number of fused-ring (bicyclic) bond motifs is 2. The van der Waals surface area contributed by atoms with Crippen LogP contribution < -0.4 is 10.6 Å². The number of carbonyl (C=O) groups excluding carboxylic acids is 2. The van der Waals surface area contributed by atoms with Crippen molar-refractivity contribution >= 4 is 58.5 Å². The number of rotatable bonds is 19. The number of hydrogen-bond acceptors (Lipinski definition) is 14. The van der Waals surface area contributed by atoms with Gasteiger partial charge in [-0.2, -0.15) is 0 Å². The summed E-state index contributed by atoms with van der Waals surface area (Å²) in [5, 5.41) is 58.0. The van der Waals surface area contributed by atoms with E-state index in [1.807, 2.05) is 6.26 Å². The topological polar surface area (TPSA) is 194 Å². The van der Waals surface area contributed by atoms with Gasteiger partial charge in [-0.1, -0.05) is 39.5 Å². The van der Waals surface area contributed by atoms with Crippen LogP contribution in [0.25, 0.3) is 0 Å². The third-order valence-electron chi connectivity index (χ3n) is 13.2. The third kappa shape index (κ3) is 11.1. The number of aliphatic hydroxyl groups is 5. The molecule has 6 rings (SSSR count). The van der Waals surface area contributed by atoms with Crippen LogP contribution in [0.2, 0.25) is 0 Å². The molecule has 58 heavy (non-hydrogen) atoms. The SMILES string of the molecule is CCC1CC(C(=O)NC(C(C)Cl)C2O[C@H](SC)C(O)[C@H](O)[C@H]2O)CN(CCCCCCN2CC(CC)CC(C(=O)NC(C(C)Cl)C34OC([C@H]3O)[C@H](O)[C@@H](SC)O4)C2)C1. The first-order valence-corrected chi connectivity index (χ1v) is 24.8. The van der Waals surface area contributed by atoms with Crippen molar-refractivity contribution in [2.45, 2.75) is 161 Å². The van der Waals surface area contributed by atoms with Crippen molar-refractivity contribution in [1.29, 1.82) is 0 Å². The number of hydrogen-bond donors (Lipinski definition) is 7. The molecule has 0 radical (unpaired) electrons. The number of nitrogens with one attached hydrogen (secondary N) is 2. The summed E-state index contributed by atoms with van der Waals surface area (Å²) in [5.74, 6) is -1.49. The maximum absolute atomic E-state index is 13.8. The van der Waals surface area contributed by atoms with Crippen LogP contribution in [0.1, 0.15) is 79.1 Å². The fourth-order valence-electron chi connectivity index (χ4n) is 9.66. The number of amides is 2. The molecule has 18 heteroatoms. The molecule has 2 amide bonds. The highest BCUT2D eigenvalue weighted by Gasteiger charge is 2.70. The molecular weight excluding hydrogens is 831 g/mol. The Labute approximate surface area is 363 Å². The monoisotopic (exact) mass is 900 g/mol. The smallest absolute Gasteiger partial charge is 0.224 e. The highest BCUT2D eigenvalue weighted by atomic mass is 35.5. The molecule has 6 saturated heterocycles. The van der Waals surface area contributed by atoms with E-state index in [4.69, 9.17) is 37.4 Å². The van der Waals surface area contributed by atoms with E-state index in [9.17, 15) is 35.1 Å². The summed E-state index contributed by atoms with van der Waals surface area (Å²) in [7, 11) is 0. The summed E-state index contributed by atoms with van der Waals surface area (Å²) in [6.45, 7) is 12.7. The normalized spacial score (nSPS) is 40.5. The van der Waals surface area contributed by atoms with Crippen LogP contribution in [0, 0.1) is 23.7 Å². The van der Waals surface area contributed by atoms with Crippen LogP contribution in [0.3, 0.4) is 0 Å². The van der Waals surface area contributed by atoms with Crippen LogP contribution in [0.4, 0.5) is 0 Å². The molecule has 6 aliphatic heterocycles. The van der Waals surface area contributed by atoms with E-state index in [0.717, 1.165) is 77.5 Å². The average Bonchev–Trinajstić information content (AvgIpc) is 3.21. The summed E-state index contributed by atoms with van der Waals surface area (Å²) in [4.78, 5) is 32.4. The minimum Gasteiger partial charge on any atom is -0.388 e. The molecule has 6 heterocycles. The number of unbranched alkanes of at least 4 members (excludes halogenated alkanes) is 3. The van der Waals surface area contributed by atoms with E-state index in [1.54, 1.807) is 20.1 Å². The summed E-state index contributed by atoms with van der Waals surface area (Å²) < 4.78 is 17.9. The lowest BCUT2D eigenvalue weighted by atomic mass is 9.82. The summed E-state index contributed by atoms with van der Waals surface area (Å²) in [5.41, 5.74) is -1.35. The number of thioether (sulfide) groups is 2.